The van der Waals surface area contributed by atoms with Crippen molar-refractivity contribution < 1.29 is 16.8 Å². The molecule has 34 heavy (non-hydrogen) atoms. The average molecular weight is 568 g/mol. The van der Waals surface area contributed by atoms with Gasteiger partial charge in [-0.15, -0.1) is 0 Å². The van der Waals surface area contributed by atoms with E-state index in [4.69, 9.17) is 34.8 Å². The first-order valence-corrected chi connectivity index (χ1v) is 15.6. The molecule has 3 rings (SSSR count). The fourth-order valence-corrected chi connectivity index (χ4v) is 7.58. The number of hydrogen-bond acceptors (Lipinski definition) is 5. The zero-order valence-corrected chi connectivity index (χ0v) is 23.0. The van der Waals surface area contributed by atoms with Gasteiger partial charge in [-0.05, 0) is 94.7 Å². The average Bonchev–Trinajstić information content (AvgIpc) is 2.76. The molecule has 6 nitrogen and oxygen atoms in total. The Hall–Kier alpha value is -1.03. The minimum atomic E-state index is -3.94. The summed E-state index contributed by atoms with van der Waals surface area (Å²) in [5, 5.41) is 0.847. The second-order valence-corrected chi connectivity index (χ2v) is 14.1. The first-order valence-electron chi connectivity index (χ1n) is 11.1. The highest BCUT2D eigenvalue weighted by molar-refractivity contribution is 7.93. The summed E-state index contributed by atoms with van der Waals surface area (Å²) in [6.07, 6.45) is 3.88. The third kappa shape index (κ3) is 6.80. The summed E-state index contributed by atoms with van der Waals surface area (Å²) in [6.45, 7) is 4.05. The number of nitrogens with zero attached hydrogens (tertiary/aromatic N) is 2. The molecule has 0 aliphatic carbocycles. The Morgan fingerprint density at radius 1 is 0.971 bits per heavy atom. The van der Waals surface area contributed by atoms with Crippen molar-refractivity contribution in [1.82, 2.24) is 4.90 Å². The van der Waals surface area contributed by atoms with Gasteiger partial charge in [0.15, 0.2) is 0 Å². The van der Waals surface area contributed by atoms with Gasteiger partial charge in [-0.1, -0.05) is 34.8 Å². The van der Waals surface area contributed by atoms with Gasteiger partial charge in [-0.3, -0.25) is 4.31 Å². The summed E-state index contributed by atoms with van der Waals surface area (Å²) in [5.41, 5.74) is 0.325. The van der Waals surface area contributed by atoms with Crippen molar-refractivity contribution in [2.24, 2.45) is 0 Å². The molecule has 188 valence electrons. The highest BCUT2D eigenvalue weighted by atomic mass is 35.5. The normalized spacial score (nSPS) is 17.0. The number of sulfonamides is 1. The highest BCUT2D eigenvalue weighted by Gasteiger charge is 2.32. The summed E-state index contributed by atoms with van der Waals surface area (Å²) in [7, 11) is -6.95. The van der Waals surface area contributed by atoms with Crippen LogP contribution in [0.1, 0.15) is 32.6 Å². The number of anilines is 1. The van der Waals surface area contributed by atoms with Crippen LogP contribution in [0.5, 0.6) is 0 Å². The van der Waals surface area contributed by atoms with E-state index in [0.29, 0.717) is 35.0 Å². The smallest absolute Gasteiger partial charge is 0.264 e. The number of sulfone groups is 1. The lowest BCUT2D eigenvalue weighted by molar-refractivity contribution is 0.225. The molecule has 1 aliphatic heterocycles. The molecule has 1 atom stereocenters. The molecule has 0 aromatic heterocycles. The van der Waals surface area contributed by atoms with E-state index in [2.05, 4.69) is 4.90 Å². The molecule has 1 heterocycles. The van der Waals surface area contributed by atoms with Crippen molar-refractivity contribution in [3.63, 3.8) is 0 Å². The third-order valence-electron chi connectivity index (χ3n) is 6.15. The molecule has 1 unspecified atom stereocenters. The van der Waals surface area contributed by atoms with Gasteiger partial charge in [0.25, 0.3) is 10.0 Å². The summed E-state index contributed by atoms with van der Waals surface area (Å²) >= 11 is 18.6. The molecule has 1 saturated heterocycles. The van der Waals surface area contributed by atoms with Gasteiger partial charge in [0, 0.05) is 22.3 Å². The van der Waals surface area contributed by atoms with E-state index >= 15 is 0 Å². The monoisotopic (exact) mass is 566 g/mol. The molecule has 0 N–H and O–H groups in total. The van der Waals surface area contributed by atoms with Gasteiger partial charge in [0.05, 0.1) is 20.9 Å². The lowest BCUT2D eigenvalue weighted by Crippen LogP contribution is -2.41. The summed E-state index contributed by atoms with van der Waals surface area (Å²) in [6, 6.07) is 10.4. The fourth-order valence-electron chi connectivity index (χ4n) is 4.27. The molecule has 1 fully saturated rings. The molecule has 0 radical (unpaired) electrons. The molecule has 0 spiro atoms. The Labute approximate surface area is 217 Å². The lowest BCUT2D eigenvalue weighted by Gasteiger charge is -2.33. The minimum absolute atomic E-state index is 0.114. The molecule has 2 aromatic rings. The zero-order chi connectivity index (χ0) is 25.1. The molecule has 1 aliphatic rings. The molecule has 0 amide bonds. The maximum atomic E-state index is 13.7. The van der Waals surface area contributed by atoms with E-state index in [1.807, 2.05) is 6.92 Å². The molecule has 11 heteroatoms. The van der Waals surface area contributed by atoms with Crippen molar-refractivity contribution in [2.45, 2.75) is 48.8 Å². The predicted molar refractivity (Wildman–Crippen MR) is 141 cm³/mol. The second kappa shape index (κ2) is 11.4. The number of hydrogen-bond donors (Lipinski definition) is 0. The van der Waals surface area contributed by atoms with Crippen LogP contribution in [0, 0.1) is 0 Å². The van der Waals surface area contributed by atoms with Crippen LogP contribution in [0.25, 0.3) is 0 Å². The van der Waals surface area contributed by atoms with Crippen LogP contribution in [-0.2, 0) is 19.9 Å². The summed E-state index contributed by atoms with van der Waals surface area (Å²) in [4.78, 5) is 2.35. The second-order valence-electron chi connectivity index (χ2n) is 8.71. The van der Waals surface area contributed by atoms with Gasteiger partial charge < -0.3 is 4.90 Å². The Bertz CT molecular complexity index is 1200. The van der Waals surface area contributed by atoms with E-state index in [1.54, 1.807) is 18.2 Å². The molecule has 0 saturated carbocycles. The van der Waals surface area contributed by atoms with Gasteiger partial charge in [0.1, 0.15) is 9.84 Å². The largest absolute Gasteiger partial charge is 0.303 e. The van der Waals surface area contributed by atoms with Crippen LogP contribution in [0.3, 0.4) is 0 Å². The predicted octanol–water partition coefficient (Wildman–Crippen LogP) is 5.52. The standard InChI is InChI=1S/C23H29Cl3N2O4S2/c1-17(4-3-13-27-14-11-20(12-15-27)33(2,29)30)28(23-16-19(25)7-10-22(23)26)34(31,32)21-8-5-18(24)6-9-21/h5-10,16-17,20H,3-4,11-15H2,1-2H3. The zero-order valence-electron chi connectivity index (χ0n) is 19.1. The van der Waals surface area contributed by atoms with E-state index in [9.17, 15) is 16.8 Å². The van der Waals surface area contributed by atoms with Gasteiger partial charge in [0.2, 0.25) is 0 Å². The van der Waals surface area contributed by atoms with E-state index in [1.165, 1.54) is 34.8 Å². The van der Waals surface area contributed by atoms with Gasteiger partial charge in [-0.25, -0.2) is 16.8 Å². The minimum Gasteiger partial charge on any atom is -0.303 e. The number of piperidine rings is 1. The van der Waals surface area contributed by atoms with Crippen LogP contribution in [0.2, 0.25) is 15.1 Å². The number of halogens is 3. The van der Waals surface area contributed by atoms with Crippen molar-refractivity contribution in [3.05, 3.63) is 57.5 Å². The van der Waals surface area contributed by atoms with E-state index in [0.717, 1.165) is 26.1 Å². The lowest BCUT2D eigenvalue weighted by atomic mass is 10.1. The summed E-state index contributed by atoms with van der Waals surface area (Å²) < 4.78 is 52.2. The highest BCUT2D eigenvalue weighted by Crippen LogP contribution is 2.35. The molecule has 2 aromatic carbocycles. The van der Waals surface area contributed by atoms with Crippen molar-refractivity contribution in [2.75, 3.05) is 30.2 Å². The van der Waals surface area contributed by atoms with Gasteiger partial charge in [-0.2, -0.15) is 0 Å². The van der Waals surface area contributed by atoms with Gasteiger partial charge >= 0.3 is 0 Å². The topological polar surface area (TPSA) is 74.8 Å². The van der Waals surface area contributed by atoms with Crippen molar-refractivity contribution >= 4 is 60.4 Å². The first-order chi connectivity index (χ1) is 15.9. The maximum Gasteiger partial charge on any atom is 0.264 e. The Morgan fingerprint density at radius 2 is 1.56 bits per heavy atom. The Morgan fingerprint density at radius 3 is 2.15 bits per heavy atom. The quantitative estimate of drug-likeness (QED) is 0.399. The molecular weight excluding hydrogens is 539 g/mol. The molecule has 0 bridgehead atoms. The van der Waals surface area contributed by atoms with Crippen LogP contribution < -0.4 is 4.31 Å². The van der Waals surface area contributed by atoms with Crippen molar-refractivity contribution in [3.8, 4) is 0 Å². The van der Waals surface area contributed by atoms with Crippen LogP contribution in [0.15, 0.2) is 47.4 Å². The third-order valence-corrected chi connectivity index (χ3v) is 10.6. The van der Waals surface area contributed by atoms with Crippen LogP contribution in [0.4, 0.5) is 5.69 Å². The summed E-state index contributed by atoms with van der Waals surface area (Å²) in [5.74, 6) is 0. The Balaban J connectivity index is 1.76. The van der Waals surface area contributed by atoms with E-state index in [-0.39, 0.29) is 15.2 Å². The van der Waals surface area contributed by atoms with Crippen LogP contribution >= 0.6 is 34.8 Å². The maximum absolute atomic E-state index is 13.7. The fraction of sp³-hybridized carbons (Fsp3) is 0.478. The molecular formula is C23H29Cl3N2O4S2. The number of likely N-dealkylation sites (tertiary alicyclic amines) is 1. The van der Waals surface area contributed by atoms with Crippen molar-refractivity contribution in [1.29, 1.82) is 0 Å². The number of rotatable bonds is 9. The Kier molecular flexibility index (Phi) is 9.20. The SMILES string of the molecule is CC(CCCN1CCC(S(C)(=O)=O)CC1)N(c1cc(Cl)ccc1Cl)S(=O)(=O)c1ccc(Cl)cc1. The van der Waals surface area contributed by atoms with Crippen LogP contribution in [-0.4, -0.2) is 58.9 Å². The first kappa shape index (κ1) is 27.6. The van der Waals surface area contributed by atoms with E-state index < -0.39 is 25.9 Å². The number of benzene rings is 2.